The molecular weight excluding hydrogens is 438 g/mol. The van der Waals surface area contributed by atoms with Gasteiger partial charge in [0, 0.05) is 11.1 Å². The molecule has 2 heterocycles. The third-order valence-corrected chi connectivity index (χ3v) is 6.34. The van der Waals surface area contributed by atoms with Crippen LogP contribution in [0.15, 0.2) is 82.1 Å². The number of nitrogens with zero attached hydrogens (tertiary/aromatic N) is 2. The molecule has 158 valence electrons. The van der Waals surface area contributed by atoms with Crippen LogP contribution >= 0.6 is 11.6 Å². The highest BCUT2D eigenvalue weighted by atomic mass is 35.5. The maximum absolute atomic E-state index is 12.7. The summed E-state index contributed by atoms with van der Waals surface area (Å²) in [5, 5.41) is 7.68. The zero-order chi connectivity index (χ0) is 22.0. The molecule has 0 radical (unpaired) electrons. The largest absolute Gasteiger partial charge is 0.455 e. The summed E-state index contributed by atoms with van der Waals surface area (Å²) in [6, 6.07) is 19.8. The molecule has 0 aliphatic carbocycles. The molecule has 2 aromatic carbocycles. The summed E-state index contributed by atoms with van der Waals surface area (Å²) in [5.41, 5.74) is 1.38. The number of rotatable bonds is 6. The van der Waals surface area contributed by atoms with Crippen LogP contribution in [0, 0.1) is 6.92 Å². The van der Waals surface area contributed by atoms with Crippen molar-refractivity contribution in [2.75, 3.05) is 5.32 Å². The fraction of sp³-hybridized carbons (Fsp3) is 0.0909. The average molecular weight is 456 g/mol. The van der Waals surface area contributed by atoms with Crippen molar-refractivity contribution in [2.24, 2.45) is 0 Å². The highest BCUT2D eigenvalue weighted by molar-refractivity contribution is 7.90. The quantitative estimate of drug-likeness (QED) is 0.456. The van der Waals surface area contributed by atoms with Gasteiger partial charge in [-0.3, -0.25) is 4.79 Å². The number of carbonyl (C=O) groups is 1. The number of carbonyl (C=O) groups excluding carboxylic acids is 1. The van der Waals surface area contributed by atoms with Gasteiger partial charge in [-0.05, 0) is 49.4 Å². The summed E-state index contributed by atoms with van der Waals surface area (Å²) < 4.78 is 32.1. The number of aromatic nitrogens is 2. The number of halogens is 1. The molecule has 4 rings (SSSR count). The smallest absolute Gasteiger partial charge is 0.292 e. The average Bonchev–Trinajstić information content (AvgIpc) is 3.35. The predicted octanol–water partition coefficient (Wildman–Crippen LogP) is 4.65. The van der Waals surface area contributed by atoms with Crippen molar-refractivity contribution in [3.05, 3.63) is 95.0 Å². The van der Waals surface area contributed by atoms with E-state index in [1.54, 1.807) is 54.1 Å². The maximum Gasteiger partial charge on any atom is 0.292 e. The lowest BCUT2D eigenvalue weighted by molar-refractivity contribution is 0.0994. The normalized spacial score (nSPS) is 11.4. The number of benzene rings is 2. The Hall–Kier alpha value is -3.36. The summed E-state index contributed by atoms with van der Waals surface area (Å²) in [7, 11) is -3.58. The second-order valence-corrected chi connectivity index (χ2v) is 9.28. The molecule has 31 heavy (non-hydrogen) atoms. The molecule has 1 amide bonds. The van der Waals surface area contributed by atoms with Crippen LogP contribution < -0.4 is 5.32 Å². The van der Waals surface area contributed by atoms with E-state index in [0.717, 1.165) is 0 Å². The lowest BCUT2D eigenvalue weighted by Gasteiger charge is -2.08. The minimum atomic E-state index is -3.58. The van der Waals surface area contributed by atoms with Gasteiger partial charge < -0.3 is 9.73 Å². The van der Waals surface area contributed by atoms with Gasteiger partial charge >= 0.3 is 0 Å². The summed E-state index contributed by atoms with van der Waals surface area (Å²) >= 11 is 6.06. The molecule has 0 saturated heterocycles. The summed E-state index contributed by atoms with van der Waals surface area (Å²) in [6.45, 7) is 1.80. The van der Waals surface area contributed by atoms with E-state index in [1.807, 2.05) is 6.07 Å². The van der Waals surface area contributed by atoms with Crippen molar-refractivity contribution in [3.63, 3.8) is 0 Å². The molecule has 0 aliphatic rings. The second-order valence-electron chi connectivity index (χ2n) is 6.85. The first-order valence-electron chi connectivity index (χ1n) is 9.32. The third-order valence-electron chi connectivity index (χ3n) is 4.45. The van der Waals surface area contributed by atoms with E-state index in [2.05, 4.69) is 10.4 Å². The number of aryl methyl sites for hydroxylation is 1. The second kappa shape index (κ2) is 8.41. The number of hydrogen-bond acceptors (Lipinski definition) is 5. The van der Waals surface area contributed by atoms with Gasteiger partial charge in [0.15, 0.2) is 15.6 Å². The standard InChI is InChI=1S/C22H18ClN3O4S/c1-15-12-21(26(25-15)17-7-5-6-16(23)13-17)24-22(27)20-11-10-18(30-20)14-31(28,29)19-8-3-2-4-9-19/h2-13H,14H2,1H3,(H,24,27). The fourth-order valence-corrected chi connectivity index (χ4v) is 4.50. The molecule has 0 bridgehead atoms. The fourth-order valence-electron chi connectivity index (χ4n) is 3.05. The van der Waals surface area contributed by atoms with Crippen molar-refractivity contribution in [1.82, 2.24) is 9.78 Å². The van der Waals surface area contributed by atoms with Crippen molar-refractivity contribution < 1.29 is 17.6 Å². The first-order valence-corrected chi connectivity index (χ1v) is 11.4. The molecule has 0 unspecified atom stereocenters. The van der Waals surface area contributed by atoms with Gasteiger partial charge in [0.25, 0.3) is 5.91 Å². The van der Waals surface area contributed by atoms with Crippen molar-refractivity contribution >= 4 is 33.2 Å². The molecule has 2 aromatic heterocycles. The van der Waals surface area contributed by atoms with E-state index in [1.165, 1.54) is 24.3 Å². The van der Waals surface area contributed by atoms with Gasteiger partial charge in [-0.15, -0.1) is 0 Å². The molecule has 7 nitrogen and oxygen atoms in total. The van der Waals surface area contributed by atoms with Crippen LogP contribution in [0.5, 0.6) is 0 Å². The maximum atomic E-state index is 12.7. The van der Waals surface area contributed by atoms with Crippen LogP contribution in [0.3, 0.4) is 0 Å². The number of hydrogen-bond donors (Lipinski definition) is 1. The highest BCUT2D eigenvalue weighted by Gasteiger charge is 2.20. The molecule has 9 heteroatoms. The van der Waals surface area contributed by atoms with Crippen LogP contribution in [0.25, 0.3) is 5.69 Å². The topological polar surface area (TPSA) is 94.2 Å². The Labute approximate surface area is 184 Å². The molecule has 0 atom stereocenters. The summed E-state index contributed by atoms with van der Waals surface area (Å²) in [6.07, 6.45) is 0. The highest BCUT2D eigenvalue weighted by Crippen LogP contribution is 2.22. The third kappa shape index (κ3) is 4.70. The first kappa shape index (κ1) is 20.9. The Morgan fingerprint density at radius 1 is 1.06 bits per heavy atom. The van der Waals surface area contributed by atoms with Gasteiger partial charge in [0.1, 0.15) is 17.3 Å². The van der Waals surface area contributed by atoms with Crippen molar-refractivity contribution in [3.8, 4) is 5.69 Å². The first-order chi connectivity index (χ1) is 14.8. The molecule has 4 aromatic rings. The van der Waals surface area contributed by atoms with Crippen LogP contribution in [-0.2, 0) is 15.6 Å². The number of furan rings is 1. The SMILES string of the molecule is Cc1cc(NC(=O)c2ccc(CS(=O)(=O)c3ccccc3)o2)n(-c2cccc(Cl)c2)n1. The van der Waals surface area contributed by atoms with E-state index >= 15 is 0 Å². The van der Waals surface area contributed by atoms with Crippen LogP contribution in [-0.4, -0.2) is 24.1 Å². The van der Waals surface area contributed by atoms with Gasteiger partial charge in [-0.25, -0.2) is 13.1 Å². The van der Waals surface area contributed by atoms with E-state index in [4.69, 9.17) is 16.0 Å². The van der Waals surface area contributed by atoms with Gasteiger partial charge in [0.2, 0.25) is 0 Å². The number of amides is 1. The van der Waals surface area contributed by atoms with Crippen LogP contribution in [0.4, 0.5) is 5.82 Å². The zero-order valence-electron chi connectivity index (χ0n) is 16.4. The molecular formula is C22H18ClN3O4S. The Bertz CT molecular complexity index is 1340. The minimum Gasteiger partial charge on any atom is -0.455 e. The molecule has 1 N–H and O–H groups in total. The number of anilines is 1. The number of sulfone groups is 1. The lowest BCUT2D eigenvalue weighted by atomic mass is 10.3. The Morgan fingerprint density at radius 2 is 1.84 bits per heavy atom. The zero-order valence-corrected chi connectivity index (χ0v) is 18.0. The van der Waals surface area contributed by atoms with Gasteiger partial charge in [-0.2, -0.15) is 5.10 Å². The summed E-state index contributed by atoms with van der Waals surface area (Å²) in [4.78, 5) is 12.9. The molecule has 0 spiro atoms. The van der Waals surface area contributed by atoms with E-state index in [9.17, 15) is 13.2 Å². The van der Waals surface area contributed by atoms with E-state index in [-0.39, 0.29) is 22.2 Å². The van der Waals surface area contributed by atoms with Crippen LogP contribution in [0.1, 0.15) is 22.0 Å². The molecule has 0 saturated carbocycles. The molecule has 0 fully saturated rings. The van der Waals surface area contributed by atoms with Crippen molar-refractivity contribution in [2.45, 2.75) is 17.6 Å². The lowest BCUT2D eigenvalue weighted by Crippen LogP contribution is -2.14. The summed E-state index contributed by atoms with van der Waals surface area (Å²) in [5.74, 6) is -0.265. The van der Waals surface area contributed by atoms with Crippen LogP contribution in [0.2, 0.25) is 5.02 Å². The Morgan fingerprint density at radius 3 is 2.58 bits per heavy atom. The number of nitrogens with one attached hydrogen (secondary N) is 1. The Kier molecular flexibility index (Phi) is 5.67. The van der Waals surface area contributed by atoms with Gasteiger partial charge in [0.05, 0.1) is 16.3 Å². The monoisotopic (exact) mass is 455 g/mol. The molecule has 0 aliphatic heterocycles. The van der Waals surface area contributed by atoms with Gasteiger partial charge in [-0.1, -0.05) is 35.9 Å². The van der Waals surface area contributed by atoms with Crippen molar-refractivity contribution in [1.29, 1.82) is 0 Å². The van der Waals surface area contributed by atoms with E-state index < -0.39 is 15.7 Å². The predicted molar refractivity (Wildman–Crippen MR) is 117 cm³/mol. The Balaban J connectivity index is 1.53. The minimum absolute atomic E-state index is 0.00485. The van der Waals surface area contributed by atoms with E-state index in [0.29, 0.717) is 22.2 Å².